The van der Waals surface area contributed by atoms with Gasteiger partial charge in [-0.05, 0) is 31.3 Å². The molecule has 6 nitrogen and oxygen atoms in total. The molecule has 23 heavy (non-hydrogen) atoms. The number of hydrogen-bond donors (Lipinski definition) is 1. The highest BCUT2D eigenvalue weighted by Crippen LogP contribution is 2.19. The van der Waals surface area contributed by atoms with Gasteiger partial charge in [-0.2, -0.15) is 0 Å². The lowest BCUT2D eigenvalue weighted by Crippen LogP contribution is -2.30. The summed E-state index contributed by atoms with van der Waals surface area (Å²) in [6, 6.07) is 13.3. The number of benzene rings is 2. The summed E-state index contributed by atoms with van der Waals surface area (Å²) in [5.41, 5.74) is 1.27. The van der Waals surface area contributed by atoms with Gasteiger partial charge in [-0.25, -0.2) is 0 Å². The normalized spacial score (nSPS) is 10.6. The molecule has 0 unspecified atom stereocenters. The first-order chi connectivity index (χ1) is 11.0. The SMILES string of the molecule is CN(CC(=O)Nc1ccc(Cl)cc1)Cc1ccccc1[N+](=O)[O-]. The molecule has 0 radical (unpaired) electrons. The first-order valence-electron chi connectivity index (χ1n) is 6.92. The number of para-hydroxylation sites is 1. The highest BCUT2D eigenvalue weighted by molar-refractivity contribution is 6.30. The van der Waals surface area contributed by atoms with Crippen molar-refractivity contribution < 1.29 is 9.72 Å². The Morgan fingerprint density at radius 1 is 1.22 bits per heavy atom. The third-order valence-electron chi connectivity index (χ3n) is 3.17. The predicted octanol–water partition coefficient (Wildman–Crippen LogP) is 3.32. The zero-order valence-electron chi connectivity index (χ0n) is 12.5. The monoisotopic (exact) mass is 333 g/mol. The molecule has 0 saturated heterocycles. The van der Waals surface area contributed by atoms with Crippen molar-refractivity contribution in [2.75, 3.05) is 18.9 Å². The molecule has 0 bridgehead atoms. The molecule has 1 amide bonds. The molecule has 1 N–H and O–H groups in total. The quantitative estimate of drug-likeness (QED) is 0.650. The Morgan fingerprint density at radius 2 is 1.87 bits per heavy atom. The Balaban J connectivity index is 1.94. The van der Waals surface area contributed by atoms with Gasteiger partial charge in [0.15, 0.2) is 0 Å². The number of likely N-dealkylation sites (N-methyl/N-ethyl adjacent to an activating group) is 1. The summed E-state index contributed by atoms with van der Waals surface area (Å²) >= 11 is 5.79. The van der Waals surface area contributed by atoms with E-state index in [4.69, 9.17) is 11.6 Å². The van der Waals surface area contributed by atoms with Crippen LogP contribution in [0.4, 0.5) is 11.4 Å². The Bertz CT molecular complexity index is 704. The number of amides is 1. The molecule has 0 saturated carbocycles. The number of nitro benzene ring substituents is 1. The number of anilines is 1. The molecular weight excluding hydrogens is 318 g/mol. The second-order valence-electron chi connectivity index (χ2n) is 5.11. The molecule has 0 aliphatic heterocycles. The van der Waals surface area contributed by atoms with Crippen molar-refractivity contribution >= 4 is 28.9 Å². The summed E-state index contributed by atoms with van der Waals surface area (Å²) in [5, 5.41) is 14.3. The van der Waals surface area contributed by atoms with E-state index in [9.17, 15) is 14.9 Å². The van der Waals surface area contributed by atoms with Crippen LogP contribution in [0.15, 0.2) is 48.5 Å². The molecule has 0 aliphatic rings. The van der Waals surface area contributed by atoms with Crippen molar-refractivity contribution in [3.8, 4) is 0 Å². The number of carbonyl (C=O) groups excluding carboxylic acids is 1. The molecule has 2 rings (SSSR count). The van der Waals surface area contributed by atoms with Crippen LogP contribution >= 0.6 is 11.6 Å². The van der Waals surface area contributed by atoms with Crippen LogP contribution in [0.3, 0.4) is 0 Å². The minimum Gasteiger partial charge on any atom is -0.325 e. The fourth-order valence-corrected chi connectivity index (χ4v) is 2.27. The van der Waals surface area contributed by atoms with Crippen LogP contribution in [-0.4, -0.2) is 29.3 Å². The first kappa shape index (κ1) is 16.9. The molecule has 7 heteroatoms. The van der Waals surface area contributed by atoms with Gasteiger partial charge in [0.05, 0.1) is 11.5 Å². The maximum Gasteiger partial charge on any atom is 0.273 e. The first-order valence-corrected chi connectivity index (χ1v) is 7.30. The lowest BCUT2D eigenvalue weighted by molar-refractivity contribution is -0.385. The number of hydrogen-bond acceptors (Lipinski definition) is 4. The molecular formula is C16H16ClN3O3. The fourth-order valence-electron chi connectivity index (χ4n) is 2.15. The van der Waals surface area contributed by atoms with Gasteiger partial charge in [-0.15, -0.1) is 0 Å². The van der Waals surface area contributed by atoms with Crippen molar-refractivity contribution in [3.63, 3.8) is 0 Å². The van der Waals surface area contributed by atoms with Gasteiger partial charge in [0.25, 0.3) is 5.69 Å². The van der Waals surface area contributed by atoms with E-state index in [2.05, 4.69) is 5.32 Å². The Labute approximate surface area is 138 Å². The summed E-state index contributed by atoms with van der Waals surface area (Å²) in [6.07, 6.45) is 0. The van der Waals surface area contributed by atoms with Gasteiger partial charge in [0.1, 0.15) is 0 Å². The highest BCUT2D eigenvalue weighted by atomic mass is 35.5. The lowest BCUT2D eigenvalue weighted by Gasteiger charge is -2.16. The molecule has 2 aromatic carbocycles. The van der Waals surface area contributed by atoms with Gasteiger partial charge in [0.2, 0.25) is 5.91 Å². The minimum atomic E-state index is -0.420. The number of halogens is 1. The van der Waals surface area contributed by atoms with E-state index < -0.39 is 4.92 Å². The topological polar surface area (TPSA) is 75.5 Å². The zero-order valence-corrected chi connectivity index (χ0v) is 13.3. The molecule has 0 aromatic heterocycles. The number of nitrogens with zero attached hydrogens (tertiary/aromatic N) is 2. The number of nitrogens with one attached hydrogen (secondary N) is 1. The van der Waals surface area contributed by atoms with Crippen LogP contribution in [0.2, 0.25) is 5.02 Å². The summed E-state index contributed by atoms with van der Waals surface area (Å²) in [4.78, 5) is 24.3. The van der Waals surface area contributed by atoms with Crippen molar-refractivity contribution in [1.82, 2.24) is 4.90 Å². The average molecular weight is 334 g/mol. The predicted molar refractivity (Wildman–Crippen MR) is 89.5 cm³/mol. The number of carbonyl (C=O) groups is 1. The van der Waals surface area contributed by atoms with Crippen LogP contribution in [0.1, 0.15) is 5.56 Å². The minimum absolute atomic E-state index is 0.0532. The summed E-state index contributed by atoms with van der Waals surface area (Å²) in [5.74, 6) is -0.201. The van der Waals surface area contributed by atoms with Gasteiger partial charge in [0, 0.05) is 28.9 Å². The van der Waals surface area contributed by atoms with Gasteiger partial charge in [-0.1, -0.05) is 29.8 Å². The lowest BCUT2D eigenvalue weighted by atomic mass is 10.1. The molecule has 0 aliphatic carbocycles. The van der Waals surface area contributed by atoms with Crippen molar-refractivity contribution in [1.29, 1.82) is 0 Å². The van der Waals surface area contributed by atoms with Crippen molar-refractivity contribution in [2.45, 2.75) is 6.54 Å². The average Bonchev–Trinajstić information content (AvgIpc) is 2.49. The summed E-state index contributed by atoms with van der Waals surface area (Å²) < 4.78 is 0. The van der Waals surface area contributed by atoms with Crippen LogP contribution in [0.25, 0.3) is 0 Å². The van der Waals surface area contributed by atoms with Crippen LogP contribution < -0.4 is 5.32 Å². The fraction of sp³-hybridized carbons (Fsp3) is 0.188. The molecule has 2 aromatic rings. The largest absolute Gasteiger partial charge is 0.325 e. The standard InChI is InChI=1S/C16H16ClN3O3/c1-19(10-12-4-2-3-5-15(12)20(22)23)11-16(21)18-14-8-6-13(17)7-9-14/h2-9H,10-11H2,1H3,(H,18,21). The van der Waals surface area contributed by atoms with Crippen molar-refractivity contribution in [3.05, 3.63) is 69.2 Å². The van der Waals surface area contributed by atoms with Crippen LogP contribution in [-0.2, 0) is 11.3 Å². The maximum absolute atomic E-state index is 12.0. The second-order valence-corrected chi connectivity index (χ2v) is 5.55. The van der Waals surface area contributed by atoms with Gasteiger partial charge < -0.3 is 5.32 Å². The van der Waals surface area contributed by atoms with E-state index in [0.29, 0.717) is 22.8 Å². The highest BCUT2D eigenvalue weighted by Gasteiger charge is 2.15. The van der Waals surface area contributed by atoms with Crippen molar-refractivity contribution in [2.24, 2.45) is 0 Å². The third kappa shape index (κ3) is 5.05. The van der Waals surface area contributed by atoms with E-state index >= 15 is 0 Å². The summed E-state index contributed by atoms with van der Waals surface area (Å²) in [7, 11) is 1.73. The van der Waals surface area contributed by atoms with E-state index in [0.717, 1.165) is 0 Å². The second kappa shape index (κ2) is 7.71. The molecule has 0 atom stereocenters. The zero-order chi connectivity index (χ0) is 16.8. The molecule has 0 heterocycles. The van der Waals surface area contributed by atoms with Gasteiger partial charge in [-0.3, -0.25) is 19.8 Å². The van der Waals surface area contributed by atoms with Gasteiger partial charge >= 0.3 is 0 Å². The van der Waals surface area contributed by atoms with Crippen LogP contribution in [0.5, 0.6) is 0 Å². The Hall–Kier alpha value is -2.44. The Morgan fingerprint density at radius 3 is 2.52 bits per heavy atom. The Kier molecular flexibility index (Phi) is 5.67. The smallest absolute Gasteiger partial charge is 0.273 e. The summed E-state index contributed by atoms with van der Waals surface area (Å²) in [6.45, 7) is 0.430. The van der Waals surface area contributed by atoms with E-state index in [-0.39, 0.29) is 18.1 Å². The third-order valence-corrected chi connectivity index (χ3v) is 3.42. The molecule has 120 valence electrons. The maximum atomic E-state index is 12.0. The van der Waals surface area contributed by atoms with E-state index in [1.54, 1.807) is 54.4 Å². The number of nitro groups is 1. The number of rotatable bonds is 6. The van der Waals surface area contributed by atoms with Crippen LogP contribution in [0, 0.1) is 10.1 Å². The molecule has 0 fully saturated rings. The molecule has 0 spiro atoms. The van der Waals surface area contributed by atoms with E-state index in [1.165, 1.54) is 6.07 Å². The van der Waals surface area contributed by atoms with E-state index in [1.807, 2.05) is 0 Å².